The van der Waals surface area contributed by atoms with Crippen LogP contribution in [-0.2, 0) is 40.0 Å². The molecule has 5 amide bonds. The minimum absolute atomic E-state index is 0.0455. The van der Waals surface area contributed by atoms with E-state index in [2.05, 4.69) is 26.3 Å². The van der Waals surface area contributed by atoms with Crippen LogP contribution in [0.25, 0.3) is 0 Å². The number of nitrogens with zero attached hydrogens (tertiary/aromatic N) is 2. The van der Waals surface area contributed by atoms with Crippen molar-refractivity contribution in [2.45, 2.75) is 127 Å². The van der Waals surface area contributed by atoms with Gasteiger partial charge in [0.15, 0.2) is 5.96 Å². The Balaban J connectivity index is 0.00000122. The van der Waals surface area contributed by atoms with Gasteiger partial charge in [-0.1, -0.05) is 63.4 Å². The lowest BCUT2D eigenvalue weighted by Crippen LogP contribution is -2.61. The zero-order valence-electron chi connectivity index (χ0n) is 33.3. The smallest absolute Gasteiger partial charge is 0.481 e. The van der Waals surface area contributed by atoms with Gasteiger partial charge < -0.3 is 47.8 Å². The van der Waals surface area contributed by atoms with Crippen molar-refractivity contribution in [1.82, 2.24) is 26.2 Å². The van der Waals surface area contributed by atoms with Crippen LogP contribution in [0.2, 0.25) is 0 Å². The van der Waals surface area contributed by atoms with Gasteiger partial charge in [0.1, 0.15) is 24.2 Å². The SMILES string of the molecule is CC(C)CNC(=O)[C@H](CC(=O)O)NC(=O)C(CCCN=C(N)N)NC(=O)[C@@H]1CC(Cc2ccccc2)C2CCC(NC(=O)C3CCCCC3)C(=O)N21.O=C(O)C(F)(F)F. The van der Waals surface area contributed by atoms with E-state index in [4.69, 9.17) is 21.4 Å². The lowest BCUT2D eigenvalue weighted by Gasteiger charge is -2.39. The first-order valence-corrected chi connectivity index (χ1v) is 19.9. The molecule has 0 bridgehead atoms. The van der Waals surface area contributed by atoms with Crippen molar-refractivity contribution < 1.29 is 56.9 Å². The highest BCUT2D eigenvalue weighted by Crippen LogP contribution is 2.39. The molecule has 17 nitrogen and oxygen atoms in total. The van der Waals surface area contributed by atoms with Crippen LogP contribution >= 0.6 is 0 Å². The third-order valence-electron chi connectivity index (χ3n) is 10.5. The highest BCUT2D eigenvalue weighted by molar-refractivity contribution is 5.97. The molecule has 59 heavy (non-hydrogen) atoms. The number of aliphatic imine (C=N–C) groups is 1. The minimum Gasteiger partial charge on any atom is -0.481 e. The molecule has 1 aliphatic carbocycles. The van der Waals surface area contributed by atoms with Crippen LogP contribution in [0, 0.1) is 17.8 Å². The van der Waals surface area contributed by atoms with E-state index in [1.807, 2.05) is 44.2 Å². The molecular formula is C39H57F3N8O9. The molecule has 6 atom stereocenters. The Bertz CT molecular complexity index is 1650. The molecule has 3 fully saturated rings. The molecule has 1 saturated carbocycles. The largest absolute Gasteiger partial charge is 0.490 e. The maximum Gasteiger partial charge on any atom is 0.490 e. The second kappa shape index (κ2) is 22.6. The lowest BCUT2D eigenvalue weighted by atomic mass is 9.86. The predicted octanol–water partition coefficient (Wildman–Crippen LogP) is 1.58. The molecule has 3 aliphatic rings. The molecule has 2 heterocycles. The molecule has 10 N–H and O–H groups in total. The Morgan fingerprint density at radius 1 is 0.898 bits per heavy atom. The van der Waals surface area contributed by atoms with Gasteiger partial charge in [-0.15, -0.1) is 0 Å². The zero-order chi connectivity index (χ0) is 43.9. The Morgan fingerprint density at radius 3 is 2.12 bits per heavy atom. The van der Waals surface area contributed by atoms with Gasteiger partial charge in [0.2, 0.25) is 29.5 Å². The highest BCUT2D eigenvalue weighted by atomic mass is 19.4. The van der Waals surface area contributed by atoms with Crippen molar-refractivity contribution in [3.05, 3.63) is 35.9 Å². The highest BCUT2D eigenvalue weighted by Gasteiger charge is 2.51. The number of benzene rings is 1. The van der Waals surface area contributed by atoms with Crippen molar-refractivity contribution in [1.29, 1.82) is 0 Å². The fraction of sp³-hybridized carbons (Fsp3) is 0.641. The van der Waals surface area contributed by atoms with Gasteiger partial charge in [-0.05, 0) is 68.8 Å². The van der Waals surface area contributed by atoms with Gasteiger partial charge in [-0.2, -0.15) is 13.2 Å². The Hall–Kier alpha value is -5.43. The number of piperidine rings is 1. The van der Waals surface area contributed by atoms with Crippen LogP contribution in [0.4, 0.5) is 13.2 Å². The molecular weight excluding hydrogens is 781 g/mol. The number of carbonyl (C=O) groups is 7. The second-order valence-electron chi connectivity index (χ2n) is 15.6. The van der Waals surface area contributed by atoms with Crippen LogP contribution in [0.15, 0.2) is 35.3 Å². The third kappa shape index (κ3) is 15.4. The van der Waals surface area contributed by atoms with Crippen LogP contribution < -0.4 is 32.7 Å². The van der Waals surface area contributed by atoms with Gasteiger partial charge >= 0.3 is 18.1 Å². The Kier molecular flexibility index (Phi) is 18.4. The predicted molar refractivity (Wildman–Crippen MR) is 208 cm³/mol. The Morgan fingerprint density at radius 2 is 1.54 bits per heavy atom. The van der Waals surface area contributed by atoms with E-state index < -0.39 is 66.4 Å². The van der Waals surface area contributed by atoms with Crippen molar-refractivity contribution in [3.63, 3.8) is 0 Å². The molecule has 0 radical (unpaired) electrons. The van der Waals surface area contributed by atoms with E-state index in [1.54, 1.807) is 4.90 Å². The summed E-state index contributed by atoms with van der Waals surface area (Å²) in [6.07, 6.45) is 1.32. The summed E-state index contributed by atoms with van der Waals surface area (Å²) < 4.78 is 31.7. The summed E-state index contributed by atoms with van der Waals surface area (Å²) in [5, 5.41) is 27.6. The maximum absolute atomic E-state index is 14.2. The van der Waals surface area contributed by atoms with Crippen molar-refractivity contribution >= 4 is 47.4 Å². The van der Waals surface area contributed by atoms with E-state index >= 15 is 0 Å². The topological polar surface area (TPSA) is 276 Å². The first-order valence-electron chi connectivity index (χ1n) is 19.9. The minimum atomic E-state index is -5.08. The normalized spacial score (nSPS) is 21.5. The number of nitrogens with two attached hydrogens (primary N) is 2. The number of halogens is 3. The summed E-state index contributed by atoms with van der Waals surface area (Å²) in [4.78, 5) is 94.3. The van der Waals surface area contributed by atoms with E-state index in [0.29, 0.717) is 25.7 Å². The number of hydrogen-bond donors (Lipinski definition) is 8. The van der Waals surface area contributed by atoms with Gasteiger partial charge in [-0.25, -0.2) is 4.79 Å². The zero-order valence-corrected chi connectivity index (χ0v) is 33.3. The number of carboxylic acid groups (broad SMARTS) is 2. The average molecular weight is 839 g/mol. The number of hydrogen-bond acceptors (Lipinski definition) is 8. The number of nitrogens with one attached hydrogen (secondary N) is 4. The van der Waals surface area contributed by atoms with E-state index in [-0.39, 0.29) is 67.5 Å². The fourth-order valence-corrected chi connectivity index (χ4v) is 7.63. The molecule has 1 aromatic rings. The summed E-state index contributed by atoms with van der Waals surface area (Å²) >= 11 is 0. The first-order chi connectivity index (χ1) is 27.8. The molecule has 1 aromatic carbocycles. The molecule has 2 aliphatic heterocycles. The average Bonchev–Trinajstić information content (AvgIpc) is 3.54. The van der Waals surface area contributed by atoms with Crippen molar-refractivity contribution in [3.8, 4) is 0 Å². The maximum atomic E-state index is 14.2. The first kappa shape index (κ1) is 47.9. The monoisotopic (exact) mass is 838 g/mol. The van der Waals surface area contributed by atoms with Gasteiger partial charge in [-0.3, -0.25) is 33.8 Å². The summed E-state index contributed by atoms with van der Waals surface area (Å²) in [5.74, 6) is -6.64. The standard InChI is InChI=1S/C37H56N8O7.C2HF3O2/c1-22(2)21-41-33(49)28(20-31(46)47)44-34(50)26(14-9-17-40-37(38)39)42-35(51)30-19-25(18-23-10-5-3-6-11-23)29-16-15-27(36(52)45(29)30)43-32(48)24-12-7-4-8-13-24;3-2(4,5)1(6)7/h3,5-6,10-11,22,24-30H,4,7-9,12-21H2,1-2H3,(H,41,49)(H,42,51)(H,43,48)(H,44,50)(H,46,47)(H4,38,39,40);(H,6,7)/t25?,26?,27?,28-,29?,30-;/m0./s1. The number of carbonyl (C=O) groups excluding carboxylic acids is 5. The van der Waals surface area contributed by atoms with Crippen LogP contribution in [0.5, 0.6) is 0 Å². The molecule has 0 spiro atoms. The summed E-state index contributed by atoms with van der Waals surface area (Å²) in [6.45, 7) is 4.20. The number of amides is 5. The number of fused-ring (bicyclic) bond motifs is 1. The lowest BCUT2D eigenvalue weighted by molar-refractivity contribution is -0.192. The molecule has 328 valence electrons. The van der Waals surface area contributed by atoms with Gasteiger partial charge in [0.25, 0.3) is 0 Å². The molecule has 4 unspecified atom stereocenters. The van der Waals surface area contributed by atoms with E-state index in [0.717, 1.165) is 37.7 Å². The molecule has 0 aromatic heterocycles. The fourth-order valence-electron chi connectivity index (χ4n) is 7.63. The third-order valence-corrected chi connectivity index (χ3v) is 10.5. The van der Waals surface area contributed by atoms with E-state index in [1.165, 1.54) is 0 Å². The van der Waals surface area contributed by atoms with Crippen LogP contribution in [-0.4, -0.2) is 112 Å². The Labute approximate surface area is 340 Å². The second-order valence-corrected chi connectivity index (χ2v) is 15.6. The van der Waals surface area contributed by atoms with Gasteiger partial charge in [0, 0.05) is 25.0 Å². The number of guanidine groups is 1. The molecule has 4 rings (SSSR count). The number of alkyl halides is 3. The van der Waals surface area contributed by atoms with Crippen LogP contribution in [0.3, 0.4) is 0 Å². The summed E-state index contributed by atoms with van der Waals surface area (Å²) in [7, 11) is 0. The summed E-state index contributed by atoms with van der Waals surface area (Å²) in [5.41, 5.74) is 12.0. The number of aliphatic carboxylic acids is 2. The van der Waals surface area contributed by atoms with E-state index in [9.17, 15) is 47.0 Å². The number of rotatable bonds is 17. The van der Waals surface area contributed by atoms with Gasteiger partial charge in [0.05, 0.1) is 6.42 Å². The van der Waals surface area contributed by atoms with Crippen molar-refractivity contribution in [2.75, 3.05) is 13.1 Å². The quantitative estimate of drug-likeness (QED) is 0.0634. The van der Waals surface area contributed by atoms with Crippen molar-refractivity contribution in [2.24, 2.45) is 34.2 Å². The molecule has 2 saturated heterocycles. The van der Waals surface area contributed by atoms with Crippen LogP contribution in [0.1, 0.15) is 90.0 Å². The summed E-state index contributed by atoms with van der Waals surface area (Å²) in [6, 6.07) is 5.35. The molecule has 20 heteroatoms. The number of carboxylic acids is 2.